The van der Waals surface area contributed by atoms with E-state index in [0.29, 0.717) is 0 Å². The summed E-state index contributed by atoms with van der Waals surface area (Å²) >= 11 is 1.78. The highest BCUT2D eigenvalue weighted by atomic mass is 32.1. The van der Waals surface area contributed by atoms with Crippen molar-refractivity contribution >= 4 is 22.8 Å². The zero-order valence-electron chi connectivity index (χ0n) is 9.34. The number of pyridine rings is 1. The predicted molar refractivity (Wildman–Crippen MR) is 71.3 cm³/mol. The summed E-state index contributed by atoms with van der Waals surface area (Å²) in [7, 11) is 0. The van der Waals surface area contributed by atoms with Gasteiger partial charge in [-0.3, -0.25) is 4.40 Å². The average Bonchev–Trinajstić information content (AvgIpc) is 2.96. The fourth-order valence-electron chi connectivity index (χ4n) is 1.94. The third-order valence-electron chi connectivity index (χ3n) is 2.83. The second-order valence-electron chi connectivity index (χ2n) is 3.95. The maximum atomic E-state index is 6.08. The van der Waals surface area contributed by atoms with Gasteiger partial charge in [-0.1, -0.05) is 12.1 Å². The van der Waals surface area contributed by atoms with Gasteiger partial charge in [0.25, 0.3) is 0 Å². The van der Waals surface area contributed by atoms with E-state index in [2.05, 4.69) is 22.5 Å². The lowest BCUT2D eigenvalue weighted by atomic mass is 10.2. The first-order valence-electron chi connectivity index (χ1n) is 5.58. The number of hydrogen-bond acceptors (Lipinski definition) is 3. The van der Waals surface area contributed by atoms with E-state index in [-0.39, 0.29) is 0 Å². The Labute approximate surface area is 104 Å². The lowest BCUT2D eigenvalue weighted by Crippen LogP contribution is -1.97. The molecule has 0 unspecified atom stereocenters. The average molecular weight is 243 g/mol. The van der Waals surface area contributed by atoms with Crippen molar-refractivity contribution in [2.75, 3.05) is 5.73 Å². The van der Waals surface area contributed by atoms with E-state index in [9.17, 15) is 0 Å². The Morgan fingerprint density at radius 3 is 2.88 bits per heavy atom. The maximum Gasteiger partial charge on any atom is 0.138 e. The molecule has 0 spiro atoms. The largest absolute Gasteiger partial charge is 0.383 e. The van der Waals surface area contributed by atoms with Crippen LogP contribution in [0.3, 0.4) is 0 Å². The molecule has 3 heterocycles. The number of aromatic nitrogens is 2. The van der Waals surface area contributed by atoms with Crippen molar-refractivity contribution in [3.8, 4) is 0 Å². The first kappa shape index (κ1) is 10.4. The van der Waals surface area contributed by atoms with Crippen LogP contribution in [0, 0.1) is 0 Å². The molecule has 0 radical (unpaired) electrons. The number of thiophene rings is 1. The number of anilines is 1. The van der Waals surface area contributed by atoms with Crippen LogP contribution in [0.5, 0.6) is 0 Å². The zero-order valence-corrected chi connectivity index (χ0v) is 10.2. The number of nitrogen functional groups attached to an aromatic ring is 1. The molecule has 0 fully saturated rings. The number of rotatable bonds is 3. The Balaban J connectivity index is 1.88. The Hall–Kier alpha value is -1.81. The van der Waals surface area contributed by atoms with Gasteiger partial charge in [0.2, 0.25) is 0 Å². The molecule has 86 valence electrons. The van der Waals surface area contributed by atoms with E-state index in [1.165, 1.54) is 4.88 Å². The molecular weight excluding hydrogens is 230 g/mol. The molecule has 0 aromatic carbocycles. The molecule has 3 nitrogen and oxygen atoms in total. The lowest BCUT2D eigenvalue weighted by molar-refractivity contribution is 0.948. The van der Waals surface area contributed by atoms with Gasteiger partial charge in [0.05, 0.1) is 5.69 Å². The van der Waals surface area contributed by atoms with Gasteiger partial charge in [-0.05, 0) is 36.4 Å². The second kappa shape index (κ2) is 4.22. The summed E-state index contributed by atoms with van der Waals surface area (Å²) < 4.78 is 1.93. The van der Waals surface area contributed by atoms with Gasteiger partial charge in [0, 0.05) is 11.1 Å². The van der Waals surface area contributed by atoms with E-state index in [1.54, 1.807) is 11.3 Å². The quantitative estimate of drug-likeness (QED) is 0.768. The van der Waals surface area contributed by atoms with E-state index in [4.69, 9.17) is 5.73 Å². The Bertz CT molecular complexity index is 625. The van der Waals surface area contributed by atoms with Crippen molar-refractivity contribution < 1.29 is 0 Å². The van der Waals surface area contributed by atoms with Crippen LogP contribution < -0.4 is 5.73 Å². The summed E-state index contributed by atoms with van der Waals surface area (Å²) in [5.74, 6) is 0.761. The molecule has 0 aliphatic rings. The summed E-state index contributed by atoms with van der Waals surface area (Å²) in [6, 6.07) is 10.1. The Morgan fingerprint density at radius 2 is 2.12 bits per heavy atom. The fourth-order valence-corrected chi connectivity index (χ4v) is 2.65. The first-order valence-corrected chi connectivity index (χ1v) is 6.46. The van der Waals surface area contributed by atoms with Crippen LogP contribution in [0.1, 0.15) is 10.6 Å². The van der Waals surface area contributed by atoms with Gasteiger partial charge in [-0.2, -0.15) is 0 Å². The summed E-state index contributed by atoms with van der Waals surface area (Å²) in [6.07, 6.45) is 3.85. The molecule has 0 aliphatic heterocycles. The molecule has 4 heteroatoms. The van der Waals surface area contributed by atoms with Crippen LogP contribution >= 0.6 is 11.3 Å². The molecular formula is C13H13N3S. The van der Waals surface area contributed by atoms with Gasteiger partial charge in [-0.15, -0.1) is 11.3 Å². The third kappa shape index (κ3) is 1.91. The molecule has 17 heavy (non-hydrogen) atoms. The van der Waals surface area contributed by atoms with E-state index in [0.717, 1.165) is 30.0 Å². The normalized spacial score (nSPS) is 11.1. The smallest absolute Gasteiger partial charge is 0.138 e. The molecule has 0 atom stereocenters. The lowest BCUT2D eigenvalue weighted by Gasteiger charge is -1.97. The standard InChI is InChI=1S/C13H13N3S/c14-13-11(7-6-10-4-3-9-17-10)15-12-5-1-2-8-16(12)13/h1-5,8-9H,6-7,14H2. The van der Waals surface area contributed by atoms with Crippen LogP contribution in [0.4, 0.5) is 5.82 Å². The van der Waals surface area contributed by atoms with E-state index in [1.807, 2.05) is 28.8 Å². The number of aryl methyl sites for hydroxylation is 2. The van der Waals surface area contributed by atoms with Crippen LogP contribution in [0.15, 0.2) is 41.9 Å². The minimum Gasteiger partial charge on any atom is -0.383 e. The third-order valence-corrected chi connectivity index (χ3v) is 3.77. The van der Waals surface area contributed by atoms with E-state index >= 15 is 0 Å². The summed E-state index contributed by atoms with van der Waals surface area (Å²) in [5.41, 5.74) is 8.00. The highest BCUT2D eigenvalue weighted by Gasteiger charge is 2.08. The number of imidazole rings is 1. The first-order chi connectivity index (χ1) is 8.34. The number of fused-ring (bicyclic) bond motifs is 1. The minimum atomic E-state index is 0.761. The zero-order chi connectivity index (χ0) is 11.7. The number of nitrogens with zero attached hydrogens (tertiary/aromatic N) is 2. The number of hydrogen-bond donors (Lipinski definition) is 1. The molecule has 3 rings (SSSR count). The maximum absolute atomic E-state index is 6.08. The Kier molecular flexibility index (Phi) is 2.57. The van der Waals surface area contributed by atoms with Crippen LogP contribution in [0.25, 0.3) is 5.65 Å². The van der Waals surface area contributed by atoms with Crippen molar-refractivity contribution in [2.24, 2.45) is 0 Å². The number of nitrogens with two attached hydrogens (primary N) is 1. The second-order valence-corrected chi connectivity index (χ2v) is 4.98. The van der Waals surface area contributed by atoms with Crippen LogP contribution in [-0.4, -0.2) is 9.38 Å². The molecule has 2 N–H and O–H groups in total. The van der Waals surface area contributed by atoms with Crippen molar-refractivity contribution in [1.82, 2.24) is 9.38 Å². The van der Waals surface area contributed by atoms with Gasteiger partial charge in [-0.25, -0.2) is 4.98 Å². The van der Waals surface area contributed by atoms with Crippen molar-refractivity contribution in [2.45, 2.75) is 12.8 Å². The van der Waals surface area contributed by atoms with Crippen molar-refractivity contribution in [3.63, 3.8) is 0 Å². The SMILES string of the molecule is Nc1c(CCc2cccs2)nc2ccccn12. The summed E-state index contributed by atoms with van der Waals surface area (Å²) in [5, 5.41) is 2.10. The molecule has 3 aromatic rings. The van der Waals surface area contributed by atoms with Gasteiger partial charge in [0.15, 0.2) is 0 Å². The molecule has 0 saturated carbocycles. The highest BCUT2D eigenvalue weighted by Crippen LogP contribution is 2.18. The molecule has 0 bridgehead atoms. The van der Waals surface area contributed by atoms with Crippen LogP contribution in [0.2, 0.25) is 0 Å². The summed E-state index contributed by atoms with van der Waals surface area (Å²) in [4.78, 5) is 5.93. The molecule has 0 saturated heterocycles. The van der Waals surface area contributed by atoms with Gasteiger partial charge < -0.3 is 5.73 Å². The molecule has 0 amide bonds. The summed E-state index contributed by atoms with van der Waals surface area (Å²) in [6.45, 7) is 0. The highest BCUT2D eigenvalue weighted by molar-refractivity contribution is 7.09. The minimum absolute atomic E-state index is 0.761. The predicted octanol–water partition coefficient (Wildman–Crippen LogP) is 2.76. The molecule has 3 aromatic heterocycles. The van der Waals surface area contributed by atoms with Crippen molar-refractivity contribution in [3.05, 3.63) is 52.5 Å². The van der Waals surface area contributed by atoms with Gasteiger partial charge in [0.1, 0.15) is 11.5 Å². The topological polar surface area (TPSA) is 43.3 Å². The fraction of sp³-hybridized carbons (Fsp3) is 0.154. The molecule has 0 aliphatic carbocycles. The van der Waals surface area contributed by atoms with Crippen molar-refractivity contribution in [1.29, 1.82) is 0 Å². The van der Waals surface area contributed by atoms with Gasteiger partial charge >= 0.3 is 0 Å². The Morgan fingerprint density at radius 1 is 1.18 bits per heavy atom. The van der Waals surface area contributed by atoms with E-state index < -0.39 is 0 Å². The monoisotopic (exact) mass is 243 g/mol. The van der Waals surface area contributed by atoms with Crippen LogP contribution in [-0.2, 0) is 12.8 Å².